The monoisotopic (exact) mass is 315 g/mol. The number of allylic oxidation sites excluding steroid dienone is 2. The minimum absolute atomic E-state index is 0.0269. The minimum Gasteiger partial charge on any atom is -0.462 e. The van der Waals surface area contributed by atoms with Crippen LogP contribution in [0.15, 0.2) is 62.7 Å². The molecule has 0 radical (unpaired) electrons. The predicted octanol–water partition coefficient (Wildman–Crippen LogP) is 0.971. The van der Waals surface area contributed by atoms with Gasteiger partial charge in [-0.3, -0.25) is 4.79 Å². The number of dihydropyridines is 1. The molecule has 0 saturated carbocycles. The molecule has 1 unspecified atom stereocenters. The van der Waals surface area contributed by atoms with E-state index in [1.54, 1.807) is 24.4 Å². The third-order valence-corrected chi connectivity index (χ3v) is 3.04. The second-order valence-corrected chi connectivity index (χ2v) is 4.42. The summed E-state index contributed by atoms with van der Waals surface area (Å²) in [5, 5.41) is 12.5. The van der Waals surface area contributed by atoms with Crippen molar-refractivity contribution in [3.05, 3.63) is 57.7 Å². The first-order chi connectivity index (χ1) is 11.2. The Bertz CT molecular complexity index is 711. The molecule has 0 spiro atoms. The summed E-state index contributed by atoms with van der Waals surface area (Å²) in [5.41, 5.74) is 9.23. The van der Waals surface area contributed by atoms with Crippen LogP contribution in [0.3, 0.4) is 0 Å². The van der Waals surface area contributed by atoms with Crippen LogP contribution in [-0.4, -0.2) is 31.1 Å². The molecule has 0 fully saturated rings. The smallest absolute Gasteiger partial charge is 0.338 e. The normalized spacial score (nSPS) is 18.8. The van der Waals surface area contributed by atoms with Gasteiger partial charge in [0.1, 0.15) is 0 Å². The van der Waals surface area contributed by atoms with Gasteiger partial charge in [0, 0.05) is 10.5 Å². The maximum absolute atomic E-state index is 12.2. The number of amides is 1. The Hall–Kier alpha value is -3.39. The first-order valence-electron chi connectivity index (χ1n) is 6.57. The predicted molar refractivity (Wildman–Crippen MR) is 79.3 cm³/mol. The highest BCUT2D eigenvalue weighted by atomic mass is 16.5. The molecule has 10 nitrogen and oxygen atoms in total. The van der Waals surface area contributed by atoms with Crippen LogP contribution in [0.5, 0.6) is 0 Å². The first kappa shape index (κ1) is 16.0. The van der Waals surface area contributed by atoms with Gasteiger partial charge in [-0.1, -0.05) is 21.5 Å². The quantitative estimate of drug-likeness (QED) is 0.147. The van der Waals surface area contributed by atoms with Gasteiger partial charge in [0.25, 0.3) is 5.91 Å². The summed E-state index contributed by atoms with van der Waals surface area (Å²) in [5.74, 6) is 3.58. The molecule has 3 N–H and O–H groups in total. The number of hydrogen-bond donors (Lipinski definition) is 2. The molecular weight excluding hydrogens is 302 g/mol. The number of azide groups is 1. The minimum atomic E-state index is -0.665. The van der Waals surface area contributed by atoms with Crippen LogP contribution in [0.4, 0.5) is 0 Å². The highest BCUT2D eigenvalue weighted by Crippen LogP contribution is 2.27. The Kier molecular flexibility index (Phi) is 5.26. The summed E-state index contributed by atoms with van der Waals surface area (Å²) in [7, 11) is 0. The van der Waals surface area contributed by atoms with Crippen LogP contribution < -0.4 is 11.2 Å². The fourth-order valence-corrected chi connectivity index (χ4v) is 2.09. The number of esters is 1. The second kappa shape index (κ2) is 7.57. The van der Waals surface area contributed by atoms with E-state index in [1.165, 1.54) is 6.08 Å². The Morgan fingerprint density at radius 1 is 1.48 bits per heavy atom. The summed E-state index contributed by atoms with van der Waals surface area (Å²) in [6.07, 6.45) is 8.14. The van der Waals surface area contributed by atoms with Gasteiger partial charge < -0.3 is 15.9 Å². The van der Waals surface area contributed by atoms with Crippen molar-refractivity contribution in [1.82, 2.24) is 5.32 Å². The van der Waals surface area contributed by atoms with E-state index in [0.717, 1.165) is 0 Å². The van der Waals surface area contributed by atoms with E-state index in [4.69, 9.17) is 16.1 Å². The highest BCUT2D eigenvalue weighted by molar-refractivity contribution is 6.03. The summed E-state index contributed by atoms with van der Waals surface area (Å²) in [4.78, 5) is 26.6. The number of carbonyl (C=O) groups excluding carboxylic acids is 2. The number of hydrogen-bond acceptors (Lipinski definition) is 6. The van der Waals surface area contributed by atoms with Crippen molar-refractivity contribution in [2.75, 3.05) is 13.2 Å². The second-order valence-electron chi connectivity index (χ2n) is 4.42. The zero-order valence-electron chi connectivity index (χ0n) is 11.9. The Balaban J connectivity index is 2.25. The molecule has 0 aromatic carbocycles. The maximum atomic E-state index is 12.2. The molecule has 0 aromatic rings. The van der Waals surface area contributed by atoms with Gasteiger partial charge in [0.2, 0.25) is 0 Å². The molecule has 2 aliphatic rings. The molecule has 1 aliphatic heterocycles. The Morgan fingerprint density at radius 3 is 3.04 bits per heavy atom. The van der Waals surface area contributed by atoms with E-state index in [-0.39, 0.29) is 30.3 Å². The Morgan fingerprint density at radius 2 is 2.30 bits per heavy atom. The van der Waals surface area contributed by atoms with Crippen LogP contribution >= 0.6 is 0 Å². The number of fused-ring (bicyclic) bond motifs is 1. The van der Waals surface area contributed by atoms with Crippen LogP contribution in [0, 0.1) is 0 Å². The van der Waals surface area contributed by atoms with E-state index in [2.05, 4.69) is 25.7 Å². The molecule has 1 heterocycles. The third-order valence-electron chi connectivity index (χ3n) is 3.04. The van der Waals surface area contributed by atoms with Gasteiger partial charge in [-0.25, -0.2) is 4.79 Å². The fraction of sp³-hybridized carbons (Fsp3) is 0.231. The summed E-state index contributed by atoms with van der Waals surface area (Å²) < 4.78 is 5.04. The number of nitrogens with two attached hydrogens (primary N) is 1. The third kappa shape index (κ3) is 3.83. The SMILES string of the molecule is [N-]=[N+]=NCCOC(=O)C1=CC(C(=O)N=NN)=CC2NC=CC=C12. The topological polar surface area (TPSA) is 155 Å². The van der Waals surface area contributed by atoms with Crippen molar-refractivity contribution in [3.8, 4) is 0 Å². The number of rotatable bonds is 5. The number of nitrogens with one attached hydrogen (secondary N) is 1. The van der Waals surface area contributed by atoms with Gasteiger partial charge in [0.05, 0.1) is 24.8 Å². The molecule has 10 heteroatoms. The number of nitrogens with zero attached hydrogens (tertiary/aromatic N) is 5. The van der Waals surface area contributed by atoms with Crippen LogP contribution in [-0.2, 0) is 14.3 Å². The number of ether oxygens (including phenoxy) is 1. The standard InChI is InChI=1S/C13H13N7O3/c14-19-17-4-5-23-13(22)10-6-8(12(21)18-20-15)7-11-9(10)2-1-3-16-11/h1-3,6-7,11,16H,4-5H2,(H2,15,18,21). The zero-order valence-corrected chi connectivity index (χ0v) is 11.9. The van der Waals surface area contributed by atoms with Gasteiger partial charge >= 0.3 is 5.97 Å². The average Bonchev–Trinajstić information content (AvgIpc) is 2.57. The molecule has 0 bridgehead atoms. The average molecular weight is 315 g/mol. The summed E-state index contributed by atoms with van der Waals surface area (Å²) >= 11 is 0. The molecule has 2 rings (SSSR count). The lowest BCUT2D eigenvalue weighted by Gasteiger charge is -2.25. The van der Waals surface area contributed by atoms with Crippen molar-refractivity contribution in [2.24, 2.45) is 21.3 Å². The van der Waals surface area contributed by atoms with Gasteiger partial charge in [-0.2, -0.15) is 0 Å². The molecular formula is C13H13N7O3. The van der Waals surface area contributed by atoms with Gasteiger partial charge in [-0.15, -0.1) is 0 Å². The van der Waals surface area contributed by atoms with Gasteiger partial charge in [-0.05, 0) is 35.5 Å². The van der Waals surface area contributed by atoms with Crippen molar-refractivity contribution in [2.45, 2.75) is 6.04 Å². The number of carbonyl (C=O) groups is 2. The van der Waals surface area contributed by atoms with Crippen molar-refractivity contribution in [1.29, 1.82) is 0 Å². The highest BCUT2D eigenvalue weighted by Gasteiger charge is 2.28. The van der Waals surface area contributed by atoms with Crippen LogP contribution in [0.1, 0.15) is 0 Å². The van der Waals surface area contributed by atoms with Crippen LogP contribution in [0.2, 0.25) is 0 Å². The molecule has 1 aliphatic carbocycles. The van der Waals surface area contributed by atoms with Crippen molar-refractivity contribution in [3.63, 3.8) is 0 Å². The molecule has 118 valence electrons. The van der Waals surface area contributed by atoms with E-state index < -0.39 is 11.9 Å². The lowest BCUT2D eigenvalue weighted by molar-refractivity contribution is -0.138. The molecule has 0 aromatic heterocycles. The summed E-state index contributed by atoms with van der Waals surface area (Å²) in [6, 6.07) is -0.364. The van der Waals surface area contributed by atoms with Crippen LogP contribution in [0.25, 0.3) is 10.4 Å². The summed E-state index contributed by atoms with van der Waals surface area (Å²) in [6.45, 7) is -0.0316. The first-order valence-corrected chi connectivity index (χ1v) is 6.57. The van der Waals surface area contributed by atoms with E-state index in [1.807, 2.05) is 0 Å². The lowest BCUT2D eigenvalue weighted by atomic mass is 9.88. The lowest BCUT2D eigenvalue weighted by Crippen LogP contribution is -2.32. The van der Waals surface area contributed by atoms with Crippen molar-refractivity contribution >= 4 is 11.9 Å². The van der Waals surface area contributed by atoms with E-state index in [0.29, 0.717) is 5.57 Å². The zero-order chi connectivity index (χ0) is 16.7. The molecule has 0 saturated heterocycles. The largest absolute Gasteiger partial charge is 0.462 e. The van der Waals surface area contributed by atoms with Gasteiger partial charge in [0.15, 0.2) is 0 Å². The molecule has 1 amide bonds. The Labute approximate surface area is 130 Å². The van der Waals surface area contributed by atoms with Crippen molar-refractivity contribution < 1.29 is 14.3 Å². The molecule has 1 atom stereocenters. The van der Waals surface area contributed by atoms with E-state index in [9.17, 15) is 9.59 Å². The maximum Gasteiger partial charge on any atom is 0.338 e. The fourth-order valence-electron chi connectivity index (χ4n) is 2.09. The molecule has 23 heavy (non-hydrogen) atoms. The van der Waals surface area contributed by atoms with E-state index >= 15 is 0 Å².